The lowest BCUT2D eigenvalue weighted by atomic mass is 10.2. The fourth-order valence-electron chi connectivity index (χ4n) is 2.11. The Labute approximate surface area is 150 Å². The number of carboxylic acid groups (broad SMARTS) is 1. The zero-order chi connectivity index (χ0) is 18.1. The number of nitrogens with one attached hydrogen (secondary N) is 1. The van der Waals surface area contributed by atoms with Crippen LogP contribution >= 0.6 is 11.8 Å². The van der Waals surface area contributed by atoms with E-state index >= 15 is 0 Å². The van der Waals surface area contributed by atoms with Crippen LogP contribution in [0.25, 0.3) is 0 Å². The molecule has 1 aromatic carbocycles. The first-order valence-electron chi connectivity index (χ1n) is 7.81. The van der Waals surface area contributed by atoms with Crippen LogP contribution in [0.3, 0.4) is 0 Å². The average molecular weight is 363 g/mol. The van der Waals surface area contributed by atoms with E-state index in [1.807, 2.05) is 43.4 Å². The lowest BCUT2D eigenvalue weighted by molar-refractivity contribution is -0.138. The fraction of sp³-hybridized carbons (Fsp3) is 0.353. The van der Waals surface area contributed by atoms with Gasteiger partial charge in [-0.1, -0.05) is 30.3 Å². The number of hydrogen-bond acceptors (Lipinski definition) is 5. The molecule has 0 aliphatic heterocycles. The molecular formula is C17H21N3O4S. The quantitative estimate of drug-likeness (QED) is 0.663. The van der Waals surface area contributed by atoms with Crippen LogP contribution < -0.4 is 5.32 Å². The Kier molecular flexibility index (Phi) is 7.34. The molecular weight excluding hydrogens is 342 g/mol. The lowest BCUT2D eigenvalue weighted by Gasteiger charge is -2.14. The van der Waals surface area contributed by atoms with Crippen LogP contribution in [0.15, 0.2) is 42.6 Å². The molecule has 7 nitrogen and oxygen atoms in total. The first-order chi connectivity index (χ1) is 12.1. The normalized spacial score (nSPS) is 11.7. The Bertz CT molecular complexity index is 690. The maximum Gasteiger partial charge on any atom is 0.408 e. The van der Waals surface area contributed by atoms with Gasteiger partial charge >= 0.3 is 12.1 Å². The van der Waals surface area contributed by atoms with Gasteiger partial charge in [-0.25, -0.2) is 9.59 Å². The second-order valence-electron chi connectivity index (χ2n) is 5.37. The molecule has 1 unspecified atom stereocenters. The highest BCUT2D eigenvalue weighted by Crippen LogP contribution is 2.09. The van der Waals surface area contributed by atoms with E-state index in [4.69, 9.17) is 4.74 Å². The third kappa shape index (κ3) is 6.50. The van der Waals surface area contributed by atoms with E-state index in [0.717, 1.165) is 23.4 Å². The molecule has 0 spiro atoms. The number of alkyl carbamates (subject to hydrolysis) is 1. The van der Waals surface area contributed by atoms with Crippen LogP contribution in [-0.4, -0.2) is 44.5 Å². The molecule has 0 saturated heterocycles. The van der Waals surface area contributed by atoms with Crippen molar-refractivity contribution in [1.29, 1.82) is 0 Å². The van der Waals surface area contributed by atoms with Gasteiger partial charge in [0.15, 0.2) is 0 Å². The second kappa shape index (κ2) is 9.73. The van der Waals surface area contributed by atoms with Gasteiger partial charge in [-0.15, -0.1) is 0 Å². The smallest absolute Gasteiger partial charge is 0.408 e. The number of benzene rings is 1. The van der Waals surface area contributed by atoms with Crippen molar-refractivity contribution in [3.05, 3.63) is 53.9 Å². The number of rotatable bonds is 9. The molecule has 2 N–H and O–H groups in total. The van der Waals surface area contributed by atoms with E-state index in [1.165, 1.54) is 11.8 Å². The van der Waals surface area contributed by atoms with Gasteiger partial charge in [-0.2, -0.15) is 16.9 Å². The summed E-state index contributed by atoms with van der Waals surface area (Å²) in [6, 6.07) is 10.2. The molecule has 25 heavy (non-hydrogen) atoms. The standard InChI is InChI=1S/C17H21N3O4S/c1-20-14(7-9-18-20)8-10-25-12-15(16(21)22)19-17(23)24-11-13-5-3-2-4-6-13/h2-7,9,15H,8,10-12H2,1H3,(H,19,23)(H,21,22). The summed E-state index contributed by atoms with van der Waals surface area (Å²) in [6.07, 6.45) is 1.78. The van der Waals surface area contributed by atoms with E-state index < -0.39 is 18.1 Å². The maximum absolute atomic E-state index is 11.8. The highest BCUT2D eigenvalue weighted by molar-refractivity contribution is 7.99. The molecule has 1 heterocycles. The topological polar surface area (TPSA) is 93.5 Å². The van der Waals surface area contributed by atoms with Gasteiger partial charge in [0.05, 0.1) is 0 Å². The van der Waals surface area contributed by atoms with Crippen LogP contribution in [0.5, 0.6) is 0 Å². The van der Waals surface area contributed by atoms with Gasteiger partial charge in [0.2, 0.25) is 0 Å². The predicted octanol–water partition coefficient (Wildman–Crippen LogP) is 2.08. The number of carboxylic acids is 1. The third-order valence-corrected chi connectivity index (χ3v) is 4.57. The van der Waals surface area contributed by atoms with Gasteiger partial charge < -0.3 is 15.2 Å². The Morgan fingerprint density at radius 2 is 2.08 bits per heavy atom. The van der Waals surface area contributed by atoms with Crippen molar-refractivity contribution in [3.8, 4) is 0 Å². The van der Waals surface area contributed by atoms with Crippen LogP contribution in [0.1, 0.15) is 11.3 Å². The van der Waals surface area contributed by atoms with Crippen molar-refractivity contribution in [2.24, 2.45) is 7.05 Å². The fourth-order valence-corrected chi connectivity index (χ4v) is 3.09. The van der Waals surface area contributed by atoms with Crippen molar-refractivity contribution >= 4 is 23.8 Å². The summed E-state index contributed by atoms with van der Waals surface area (Å²) < 4.78 is 6.84. The number of hydrogen-bond donors (Lipinski definition) is 2. The number of amides is 1. The zero-order valence-corrected chi connectivity index (χ0v) is 14.7. The first-order valence-corrected chi connectivity index (χ1v) is 8.96. The number of carbonyl (C=O) groups excluding carboxylic acids is 1. The summed E-state index contributed by atoms with van der Waals surface area (Å²) in [5, 5.41) is 15.7. The van der Waals surface area contributed by atoms with Gasteiger partial charge in [-0.3, -0.25) is 4.68 Å². The van der Waals surface area contributed by atoms with Gasteiger partial charge in [-0.05, 0) is 23.8 Å². The highest BCUT2D eigenvalue weighted by atomic mass is 32.2. The number of aromatic nitrogens is 2. The summed E-state index contributed by atoms with van der Waals surface area (Å²) >= 11 is 1.46. The molecule has 0 radical (unpaired) electrons. The number of aliphatic carboxylic acids is 1. The van der Waals surface area contributed by atoms with Crippen LogP contribution in [-0.2, 0) is 29.6 Å². The molecule has 0 fully saturated rings. The molecule has 134 valence electrons. The minimum atomic E-state index is -1.08. The molecule has 1 amide bonds. The van der Waals surface area contributed by atoms with Crippen molar-refractivity contribution in [1.82, 2.24) is 15.1 Å². The van der Waals surface area contributed by atoms with Gasteiger partial charge in [0.1, 0.15) is 12.6 Å². The van der Waals surface area contributed by atoms with Crippen LogP contribution in [0, 0.1) is 0 Å². The number of aryl methyl sites for hydroxylation is 2. The van der Waals surface area contributed by atoms with Crippen molar-refractivity contribution < 1.29 is 19.4 Å². The minimum Gasteiger partial charge on any atom is -0.480 e. The molecule has 2 rings (SSSR count). The molecule has 2 aromatic rings. The van der Waals surface area contributed by atoms with Crippen molar-refractivity contribution in [2.75, 3.05) is 11.5 Å². The Hall–Kier alpha value is -2.48. The van der Waals surface area contributed by atoms with E-state index in [1.54, 1.807) is 10.9 Å². The summed E-state index contributed by atoms with van der Waals surface area (Å²) in [4.78, 5) is 23.1. The SMILES string of the molecule is Cn1nccc1CCSCC(NC(=O)OCc1ccccc1)C(=O)O. The number of ether oxygens (including phenoxy) is 1. The van der Waals surface area contributed by atoms with Crippen molar-refractivity contribution in [2.45, 2.75) is 19.1 Å². The van der Waals surface area contributed by atoms with Crippen LogP contribution in [0.2, 0.25) is 0 Å². The Morgan fingerprint density at radius 3 is 2.72 bits per heavy atom. The molecule has 0 saturated carbocycles. The number of thioether (sulfide) groups is 1. The molecule has 0 aliphatic carbocycles. The van der Waals surface area contributed by atoms with E-state index in [2.05, 4.69) is 10.4 Å². The van der Waals surface area contributed by atoms with Gasteiger partial charge in [0.25, 0.3) is 0 Å². The molecule has 8 heteroatoms. The largest absolute Gasteiger partial charge is 0.480 e. The van der Waals surface area contributed by atoms with Gasteiger partial charge in [0, 0.05) is 24.7 Å². The first kappa shape index (κ1) is 18.9. The summed E-state index contributed by atoms with van der Waals surface area (Å²) in [5.74, 6) is -0.0674. The minimum absolute atomic E-state index is 0.104. The van der Waals surface area contributed by atoms with E-state index in [0.29, 0.717) is 0 Å². The Balaban J connectivity index is 1.71. The summed E-state index contributed by atoms with van der Waals surface area (Å²) in [6.45, 7) is 0.104. The molecule has 1 atom stereocenters. The monoisotopic (exact) mass is 363 g/mol. The number of nitrogens with zero attached hydrogens (tertiary/aromatic N) is 2. The summed E-state index contributed by atoms with van der Waals surface area (Å²) in [7, 11) is 1.87. The molecule has 1 aromatic heterocycles. The average Bonchev–Trinajstić information content (AvgIpc) is 3.01. The van der Waals surface area contributed by atoms with E-state index in [9.17, 15) is 14.7 Å². The third-order valence-electron chi connectivity index (χ3n) is 3.51. The molecule has 0 aliphatic rings. The molecule has 0 bridgehead atoms. The number of carbonyl (C=O) groups is 2. The van der Waals surface area contributed by atoms with Crippen LogP contribution in [0.4, 0.5) is 4.79 Å². The predicted molar refractivity (Wildman–Crippen MR) is 95.4 cm³/mol. The second-order valence-corrected chi connectivity index (χ2v) is 6.52. The summed E-state index contributed by atoms with van der Waals surface area (Å²) in [5.41, 5.74) is 1.92. The zero-order valence-electron chi connectivity index (χ0n) is 13.9. The van der Waals surface area contributed by atoms with E-state index in [-0.39, 0.29) is 12.4 Å². The maximum atomic E-state index is 11.8. The highest BCUT2D eigenvalue weighted by Gasteiger charge is 2.20. The lowest BCUT2D eigenvalue weighted by Crippen LogP contribution is -2.42. The Morgan fingerprint density at radius 1 is 1.32 bits per heavy atom. The van der Waals surface area contributed by atoms with Crippen molar-refractivity contribution in [3.63, 3.8) is 0 Å².